The molecule has 2 fully saturated rings. The maximum atomic E-state index is 12.4. The van der Waals surface area contributed by atoms with Gasteiger partial charge in [-0.2, -0.15) is 13.2 Å². The van der Waals surface area contributed by atoms with Crippen molar-refractivity contribution in [3.8, 4) is 0 Å². The first-order valence-electron chi connectivity index (χ1n) is 4.76. The lowest BCUT2D eigenvalue weighted by Crippen LogP contribution is -2.31. The van der Waals surface area contributed by atoms with E-state index in [1.165, 1.54) is 0 Å². The molecule has 2 rings (SSSR count). The molecule has 2 N–H and O–H groups in total. The van der Waals surface area contributed by atoms with E-state index in [9.17, 15) is 13.2 Å². The van der Waals surface area contributed by atoms with E-state index >= 15 is 0 Å². The molecule has 0 bridgehead atoms. The van der Waals surface area contributed by atoms with Gasteiger partial charge in [0.1, 0.15) is 0 Å². The largest absolute Gasteiger partial charge is 0.391 e. The van der Waals surface area contributed by atoms with E-state index < -0.39 is 12.1 Å². The molecule has 3 atom stereocenters. The monoisotopic (exact) mass is 193 g/mol. The standard InChI is InChI=1S/C9H14F3N/c10-9(11,12)6-2-1-3-8(4-6)5-7(8)13/h6-7H,1-5,13H2/t6-,7+,8+/m1/s1. The minimum absolute atomic E-state index is 0.0395. The molecular formula is C9H14F3N. The number of alkyl halides is 3. The van der Waals surface area contributed by atoms with Crippen LogP contribution in [0.1, 0.15) is 32.1 Å². The molecule has 0 aliphatic heterocycles. The smallest absolute Gasteiger partial charge is 0.327 e. The molecule has 0 aromatic carbocycles. The number of hydrogen-bond acceptors (Lipinski definition) is 1. The van der Waals surface area contributed by atoms with Crippen molar-refractivity contribution in [2.45, 2.75) is 44.3 Å². The van der Waals surface area contributed by atoms with Crippen LogP contribution in [0.3, 0.4) is 0 Å². The van der Waals surface area contributed by atoms with Crippen molar-refractivity contribution in [2.24, 2.45) is 17.1 Å². The Bertz CT molecular complexity index is 213. The van der Waals surface area contributed by atoms with Crippen molar-refractivity contribution in [3.05, 3.63) is 0 Å². The lowest BCUT2D eigenvalue weighted by molar-refractivity contribution is -0.187. The fourth-order valence-corrected chi connectivity index (χ4v) is 2.58. The van der Waals surface area contributed by atoms with Gasteiger partial charge in [-0.25, -0.2) is 0 Å². The summed E-state index contributed by atoms with van der Waals surface area (Å²) in [5.41, 5.74) is 5.54. The Labute approximate surface area is 75.5 Å². The molecule has 1 spiro atoms. The maximum Gasteiger partial charge on any atom is 0.391 e. The highest BCUT2D eigenvalue weighted by atomic mass is 19.4. The van der Waals surface area contributed by atoms with Gasteiger partial charge in [0, 0.05) is 6.04 Å². The number of rotatable bonds is 0. The van der Waals surface area contributed by atoms with Crippen molar-refractivity contribution in [2.75, 3.05) is 0 Å². The molecule has 2 aliphatic carbocycles. The molecule has 0 aromatic heterocycles. The van der Waals surface area contributed by atoms with Gasteiger partial charge in [-0.05, 0) is 31.1 Å². The molecule has 0 unspecified atom stereocenters. The third kappa shape index (κ3) is 1.56. The highest BCUT2D eigenvalue weighted by Gasteiger charge is 2.57. The first-order chi connectivity index (χ1) is 5.94. The Hall–Kier alpha value is -0.250. The van der Waals surface area contributed by atoms with Crippen LogP contribution in [-0.2, 0) is 0 Å². The third-order valence-corrected chi connectivity index (χ3v) is 3.60. The van der Waals surface area contributed by atoms with Crippen LogP contribution in [-0.4, -0.2) is 12.2 Å². The van der Waals surface area contributed by atoms with Crippen LogP contribution in [0.5, 0.6) is 0 Å². The van der Waals surface area contributed by atoms with Crippen LogP contribution in [0.25, 0.3) is 0 Å². The van der Waals surface area contributed by atoms with Gasteiger partial charge in [0.15, 0.2) is 0 Å². The van der Waals surface area contributed by atoms with E-state index in [-0.39, 0.29) is 17.9 Å². The summed E-state index contributed by atoms with van der Waals surface area (Å²) < 4.78 is 37.2. The maximum absolute atomic E-state index is 12.4. The molecule has 2 aliphatic rings. The summed E-state index contributed by atoms with van der Waals surface area (Å²) in [6.07, 6.45) is -1.02. The van der Waals surface area contributed by atoms with Crippen LogP contribution < -0.4 is 5.73 Å². The van der Waals surface area contributed by atoms with Gasteiger partial charge >= 0.3 is 6.18 Å². The fourth-order valence-electron chi connectivity index (χ4n) is 2.58. The number of hydrogen-bond donors (Lipinski definition) is 1. The predicted molar refractivity (Wildman–Crippen MR) is 43.0 cm³/mol. The van der Waals surface area contributed by atoms with Crippen LogP contribution in [0.4, 0.5) is 13.2 Å². The Morgan fingerprint density at radius 2 is 1.85 bits per heavy atom. The molecular weight excluding hydrogens is 179 g/mol. The van der Waals surface area contributed by atoms with E-state index in [0.717, 1.165) is 12.8 Å². The Kier molecular flexibility index (Phi) is 1.88. The van der Waals surface area contributed by atoms with Gasteiger partial charge < -0.3 is 5.73 Å². The zero-order chi connectivity index (χ0) is 9.69. The first kappa shape index (κ1) is 9.31. The average molecular weight is 193 g/mol. The topological polar surface area (TPSA) is 26.0 Å². The van der Waals surface area contributed by atoms with Gasteiger partial charge in [-0.1, -0.05) is 6.42 Å². The van der Waals surface area contributed by atoms with Crippen LogP contribution >= 0.6 is 0 Å². The van der Waals surface area contributed by atoms with E-state index in [1.807, 2.05) is 0 Å². The second kappa shape index (κ2) is 2.62. The molecule has 0 amide bonds. The average Bonchev–Trinajstić information content (AvgIpc) is 2.59. The SMILES string of the molecule is N[C@H]1C[C@@]12CCC[C@@H](C(F)(F)F)C2. The summed E-state index contributed by atoms with van der Waals surface area (Å²) in [6.45, 7) is 0. The Balaban J connectivity index is 2.01. The second-order valence-corrected chi connectivity index (χ2v) is 4.51. The predicted octanol–water partition coefficient (Wildman–Crippen LogP) is 2.46. The van der Waals surface area contributed by atoms with Crippen LogP contribution in [0, 0.1) is 11.3 Å². The number of nitrogens with two attached hydrogens (primary N) is 1. The summed E-state index contributed by atoms with van der Waals surface area (Å²) >= 11 is 0. The highest BCUT2D eigenvalue weighted by Crippen LogP contribution is 2.58. The lowest BCUT2D eigenvalue weighted by atomic mass is 9.78. The molecule has 2 saturated carbocycles. The number of halogens is 3. The summed E-state index contributed by atoms with van der Waals surface area (Å²) in [5, 5.41) is 0. The molecule has 76 valence electrons. The minimum atomic E-state index is -4.00. The first-order valence-corrected chi connectivity index (χ1v) is 4.76. The zero-order valence-corrected chi connectivity index (χ0v) is 7.40. The second-order valence-electron chi connectivity index (χ2n) is 4.51. The van der Waals surface area contributed by atoms with Crippen LogP contribution in [0.15, 0.2) is 0 Å². The summed E-state index contributed by atoms with van der Waals surface area (Å²) in [4.78, 5) is 0. The Morgan fingerprint density at radius 3 is 2.31 bits per heavy atom. The molecule has 13 heavy (non-hydrogen) atoms. The van der Waals surface area contributed by atoms with Crippen molar-refractivity contribution in [1.29, 1.82) is 0 Å². The quantitative estimate of drug-likeness (QED) is 0.628. The molecule has 4 heteroatoms. The van der Waals surface area contributed by atoms with Gasteiger partial charge in [0.05, 0.1) is 5.92 Å². The van der Waals surface area contributed by atoms with Gasteiger partial charge in [0.25, 0.3) is 0 Å². The molecule has 0 radical (unpaired) electrons. The Morgan fingerprint density at radius 1 is 1.23 bits per heavy atom. The highest BCUT2D eigenvalue weighted by molar-refractivity contribution is 5.08. The molecule has 0 saturated heterocycles. The van der Waals surface area contributed by atoms with Gasteiger partial charge in [0.2, 0.25) is 0 Å². The zero-order valence-electron chi connectivity index (χ0n) is 7.40. The van der Waals surface area contributed by atoms with E-state index in [2.05, 4.69) is 0 Å². The van der Waals surface area contributed by atoms with Crippen molar-refractivity contribution >= 4 is 0 Å². The summed E-state index contributed by atoms with van der Waals surface area (Å²) in [7, 11) is 0. The minimum Gasteiger partial charge on any atom is -0.327 e. The van der Waals surface area contributed by atoms with Crippen molar-refractivity contribution in [1.82, 2.24) is 0 Å². The molecule has 0 heterocycles. The molecule has 0 aromatic rings. The molecule has 1 nitrogen and oxygen atoms in total. The van der Waals surface area contributed by atoms with Crippen molar-refractivity contribution < 1.29 is 13.2 Å². The van der Waals surface area contributed by atoms with E-state index in [1.54, 1.807) is 0 Å². The summed E-state index contributed by atoms with van der Waals surface area (Å²) in [6, 6.07) is 0.0395. The summed E-state index contributed by atoms with van der Waals surface area (Å²) in [5.74, 6) is -1.09. The fraction of sp³-hybridized carbons (Fsp3) is 1.00. The van der Waals surface area contributed by atoms with E-state index in [4.69, 9.17) is 5.73 Å². The third-order valence-electron chi connectivity index (χ3n) is 3.60. The lowest BCUT2D eigenvalue weighted by Gasteiger charge is -2.31. The normalized spacial score (nSPS) is 45.2. The van der Waals surface area contributed by atoms with E-state index in [0.29, 0.717) is 12.8 Å². The van der Waals surface area contributed by atoms with Crippen molar-refractivity contribution in [3.63, 3.8) is 0 Å². The van der Waals surface area contributed by atoms with Crippen LogP contribution in [0.2, 0.25) is 0 Å². The van der Waals surface area contributed by atoms with Gasteiger partial charge in [-0.15, -0.1) is 0 Å². The van der Waals surface area contributed by atoms with Gasteiger partial charge in [-0.3, -0.25) is 0 Å².